The van der Waals surface area contributed by atoms with Gasteiger partial charge in [0.1, 0.15) is 5.25 Å². The van der Waals surface area contributed by atoms with Crippen molar-refractivity contribution in [1.82, 2.24) is 10.2 Å². The van der Waals surface area contributed by atoms with Gasteiger partial charge in [-0.3, -0.25) is 14.4 Å². The summed E-state index contributed by atoms with van der Waals surface area (Å²) in [6.07, 6.45) is 1.71. The van der Waals surface area contributed by atoms with E-state index in [9.17, 15) is 14.4 Å². The Balaban J connectivity index is 2.17. The Kier molecular flexibility index (Phi) is 8.21. The fourth-order valence-electron chi connectivity index (χ4n) is 2.84. The minimum Gasteiger partial charge on any atom is -0.481 e. The SMILES string of the molecule is CCCCN1C(=NC(=O)c2ccc(C#N)cc2)SC(C(=O)NCCC(=O)O)C1C. The fourth-order valence-corrected chi connectivity index (χ4v) is 4.13. The highest BCUT2D eigenvalue weighted by atomic mass is 32.2. The van der Waals surface area contributed by atoms with Crippen molar-refractivity contribution in [2.45, 2.75) is 44.4 Å². The number of benzene rings is 1. The number of hydrogen-bond acceptors (Lipinski definition) is 5. The van der Waals surface area contributed by atoms with E-state index in [0.29, 0.717) is 22.8 Å². The Labute approximate surface area is 174 Å². The van der Waals surface area contributed by atoms with E-state index in [-0.39, 0.29) is 24.9 Å². The average molecular weight is 417 g/mol. The van der Waals surface area contributed by atoms with Gasteiger partial charge in [-0.15, -0.1) is 0 Å². The van der Waals surface area contributed by atoms with Crippen LogP contribution in [0.5, 0.6) is 0 Å². The molecule has 0 saturated carbocycles. The monoisotopic (exact) mass is 416 g/mol. The standard InChI is InChI=1S/C20H24N4O4S/c1-3-4-11-24-13(2)17(19(28)22-10-9-16(25)26)29-20(24)23-18(27)15-7-5-14(12-21)6-8-15/h5-8,13,17H,3-4,9-11H2,1-2H3,(H,22,28)(H,25,26). The van der Waals surface area contributed by atoms with Gasteiger partial charge in [0.15, 0.2) is 5.17 Å². The molecule has 1 aliphatic rings. The van der Waals surface area contributed by atoms with Crippen molar-refractivity contribution in [2.24, 2.45) is 4.99 Å². The van der Waals surface area contributed by atoms with Gasteiger partial charge >= 0.3 is 5.97 Å². The number of nitriles is 1. The maximum absolute atomic E-state index is 12.6. The molecule has 1 aromatic rings. The van der Waals surface area contributed by atoms with Gasteiger partial charge in [0.2, 0.25) is 5.91 Å². The molecular formula is C20H24N4O4S. The molecule has 1 saturated heterocycles. The molecule has 29 heavy (non-hydrogen) atoms. The number of aliphatic imine (C=N–C) groups is 1. The molecule has 2 atom stereocenters. The number of unbranched alkanes of at least 4 members (excludes halogenated alkanes) is 1. The quantitative estimate of drug-likeness (QED) is 0.666. The Hall–Kier alpha value is -2.86. The van der Waals surface area contributed by atoms with Gasteiger partial charge in [-0.1, -0.05) is 25.1 Å². The number of carboxylic acids is 1. The predicted octanol–water partition coefficient (Wildman–Crippen LogP) is 2.25. The highest BCUT2D eigenvalue weighted by Gasteiger charge is 2.40. The topological polar surface area (TPSA) is 123 Å². The second-order valence-electron chi connectivity index (χ2n) is 6.65. The molecule has 1 heterocycles. The number of nitrogens with one attached hydrogen (secondary N) is 1. The lowest BCUT2D eigenvalue weighted by Gasteiger charge is -2.24. The first kappa shape index (κ1) is 22.4. The average Bonchev–Trinajstić information content (AvgIpc) is 3.01. The summed E-state index contributed by atoms with van der Waals surface area (Å²) in [5, 5.41) is 20.2. The smallest absolute Gasteiger partial charge is 0.305 e. The van der Waals surface area contributed by atoms with Crippen LogP contribution in [0.15, 0.2) is 29.3 Å². The molecule has 2 N–H and O–H groups in total. The highest BCUT2D eigenvalue weighted by Crippen LogP contribution is 2.32. The van der Waals surface area contributed by atoms with Crippen LogP contribution >= 0.6 is 11.8 Å². The predicted molar refractivity (Wildman–Crippen MR) is 111 cm³/mol. The van der Waals surface area contributed by atoms with E-state index in [2.05, 4.69) is 17.2 Å². The molecule has 1 fully saturated rings. The molecule has 9 heteroatoms. The van der Waals surface area contributed by atoms with Gasteiger partial charge in [-0.2, -0.15) is 10.3 Å². The summed E-state index contributed by atoms with van der Waals surface area (Å²) < 4.78 is 0. The summed E-state index contributed by atoms with van der Waals surface area (Å²) in [6, 6.07) is 8.06. The number of hydrogen-bond donors (Lipinski definition) is 2. The molecule has 1 aliphatic heterocycles. The molecule has 2 unspecified atom stereocenters. The van der Waals surface area contributed by atoms with Crippen LogP contribution < -0.4 is 5.32 Å². The van der Waals surface area contributed by atoms with E-state index in [1.807, 2.05) is 17.9 Å². The van der Waals surface area contributed by atoms with Crippen molar-refractivity contribution in [3.63, 3.8) is 0 Å². The van der Waals surface area contributed by atoms with Crippen molar-refractivity contribution in [2.75, 3.05) is 13.1 Å². The number of carboxylic acid groups (broad SMARTS) is 1. The zero-order valence-electron chi connectivity index (χ0n) is 16.4. The number of carbonyl (C=O) groups excluding carboxylic acids is 2. The summed E-state index contributed by atoms with van der Waals surface area (Å²) in [7, 11) is 0. The second-order valence-corrected chi connectivity index (χ2v) is 7.76. The van der Waals surface area contributed by atoms with Crippen LogP contribution in [-0.4, -0.2) is 57.3 Å². The Bertz CT molecular complexity index is 832. The number of aliphatic carboxylic acids is 1. The van der Waals surface area contributed by atoms with Gasteiger partial charge < -0.3 is 15.3 Å². The minimum atomic E-state index is -0.975. The van der Waals surface area contributed by atoms with Gasteiger partial charge in [0.25, 0.3) is 5.91 Å². The third-order valence-corrected chi connectivity index (χ3v) is 5.91. The lowest BCUT2D eigenvalue weighted by Crippen LogP contribution is -2.43. The summed E-state index contributed by atoms with van der Waals surface area (Å²) in [6.45, 7) is 4.69. The van der Waals surface area contributed by atoms with Crippen LogP contribution in [0.3, 0.4) is 0 Å². The first-order valence-electron chi connectivity index (χ1n) is 9.43. The molecule has 1 aromatic carbocycles. The van der Waals surface area contributed by atoms with Crippen LogP contribution in [-0.2, 0) is 9.59 Å². The second kappa shape index (κ2) is 10.6. The zero-order valence-corrected chi connectivity index (χ0v) is 17.2. The molecule has 154 valence electrons. The Morgan fingerprint density at radius 1 is 1.31 bits per heavy atom. The third kappa shape index (κ3) is 6.06. The van der Waals surface area contributed by atoms with Gasteiger partial charge in [0.05, 0.1) is 18.1 Å². The van der Waals surface area contributed by atoms with E-state index >= 15 is 0 Å². The van der Waals surface area contributed by atoms with E-state index in [1.54, 1.807) is 24.3 Å². The third-order valence-electron chi connectivity index (χ3n) is 4.52. The maximum atomic E-state index is 12.6. The van der Waals surface area contributed by atoms with Crippen molar-refractivity contribution in [3.05, 3.63) is 35.4 Å². The van der Waals surface area contributed by atoms with Crippen LogP contribution in [0.1, 0.15) is 49.0 Å². The maximum Gasteiger partial charge on any atom is 0.305 e. The Morgan fingerprint density at radius 3 is 2.59 bits per heavy atom. The summed E-state index contributed by atoms with van der Waals surface area (Å²) in [5.41, 5.74) is 0.829. The molecule has 2 rings (SSSR count). The number of amides is 2. The van der Waals surface area contributed by atoms with Crippen molar-refractivity contribution < 1.29 is 19.5 Å². The Morgan fingerprint density at radius 2 is 2.00 bits per heavy atom. The lowest BCUT2D eigenvalue weighted by atomic mass is 10.1. The molecule has 8 nitrogen and oxygen atoms in total. The van der Waals surface area contributed by atoms with E-state index in [0.717, 1.165) is 12.8 Å². The van der Waals surface area contributed by atoms with Gasteiger partial charge in [0, 0.05) is 24.7 Å². The zero-order chi connectivity index (χ0) is 21.4. The number of nitrogens with zero attached hydrogens (tertiary/aromatic N) is 3. The normalized spacial score (nSPS) is 19.8. The summed E-state index contributed by atoms with van der Waals surface area (Å²) >= 11 is 1.22. The summed E-state index contributed by atoms with van der Waals surface area (Å²) in [4.78, 5) is 41.9. The highest BCUT2D eigenvalue weighted by molar-refractivity contribution is 8.15. The number of rotatable bonds is 8. The van der Waals surface area contributed by atoms with Crippen LogP contribution in [0.25, 0.3) is 0 Å². The first-order valence-corrected chi connectivity index (χ1v) is 10.3. The lowest BCUT2D eigenvalue weighted by molar-refractivity contribution is -0.136. The fraction of sp³-hybridized carbons (Fsp3) is 0.450. The molecule has 2 amide bonds. The molecule has 0 bridgehead atoms. The van der Waals surface area contributed by atoms with Crippen LogP contribution in [0.4, 0.5) is 0 Å². The van der Waals surface area contributed by atoms with Crippen LogP contribution in [0, 0.1) is 11.3 Å². The van der Waals surface area contributed by atoms with Gasteiger partial charge in [-0.05, 0) is 37.6 Å². The molecule has 0 aromatic heterocycles. The first-order chi connectivity index (χ1) is 13.9. The molecule has 0 spiro atoms. The van der Waals surface area contributed by atoms with E-state index in [4.69, 9.17) is 10.4 Å². The van der Waals surface area contributed by atoms with Crippen molar-refractivity contribution in [3.8, 4) is 6.07 Å². The summed E-state index contributed by atoms with van der Waals surface area (Å²) in [5.74, 6) is -1.67. The van der Waals surface area contributed by atoms with Gasteiger partial charge in [-0.25, -0.2) is 0 Å². The molecule has 0 aliphatic carbocycles. The number of amidine groups is 1. The van der Waals surface area contributed by atoms with Crippen LogP contribution in [0.2, 0.25) is 0 Å². The number of thioether (sulfide) groups is 1. The van der Waals surface area contributed by atoms with Crippen molar-refractivity contribution >= 4 is 34.7 Å². The van der Waals surface area contributed by atoms with Crippen molar-refractivity contribution in [1.29, 1.82) is 5.26 Å². The molecule has 0 radical (unpaired) electrons. The van der Waals surface area contributed by atoms with E-state index < -0.39 is 17.1 Å². The molecular weight excluding hydrogens is 392 g/mol. The largest absolute Gasteiger partial charge is 0.481 e. The minimum absolute atomic E-state index is 0.0591. The van der Waals surface area contributed by atoms with E-state index in [1.165, 1.54) is 11.8 Å². The number of carbonyl (C=O) groups is 3.